The van der Waals surface area contributed by atoms with Crippen molar-refractivity contribution in [3.63, 3.8) is 0 Å². The van der Waals surface area contributed by atoms with E-state index in [1.807, 2.05) is 54.6 Å². The van der Waals surface area contributed by atoms with Crippen LogP contribution in [0.15, 0.2) is 78.9 Å². The lowest BCUT2D eigenvalue weighted by atomic mass is 9.78. The molecule has 3 aromatic rings. The number of likely N-dealkylation sites (tertiary alicyclic amines) is 1. The predicted molar refractivity (Wildman–Crippen MR) is 253 cm³/mol. The molecule has 2 aliphatic carbocycles. The van der Waals surface area contributed by atoms with Gasteiger partial charge in [0, 0.05) is 48.4 Å². The molecule has 3 fully saturated rings. The van der Waals surface area contributed by atoms with E-state index in [1.165, 1.54) is 36.1 Å². The second-order valence-corrected chi connectivity index (χ2v) is 19.5. The van der Waals surface area contributed by atoms with Crippen molar-refractivity contribution in [2.75, 3.05) is 26.7 Å². The van der Waals surface area contributed by atoms with Gasteiger partial charge in [0.05, 0.1) is 6.42 Å². The number of esters is 1. The first kappa shape index (κ1) is 51.5. The topological polar surface area (TPSA) is 116 Å². The maximum atomic E-state index is 14.9. The molecule has 0 spiro atoms. The normalized spacial score (nSPS) is 18.7. The van der Waals surface area contributed by atoms with E-state index < -0.39 is 71.3 Å². The highest BCUT2D eigenvalue weighted by Gasteiger charge is 2.55. The first-order valence-electron chi connectivity index (χ1n) is 24.4. The summed E-state index contributed by atoms with van der Waals surface area (Å²) in [5, 5.41) is 3.19. The van der Waals surface area contributed by atoms with Crippen LogP contribution in [0.3, 0.4) is 0 Å². The molecular weight excluding hydrogens is 881 g/mol. The number of benzene rings is 3. The Kier molecular flexibility index (Phi) is 17.6. The highest BCUT2D eigenvalue weighted by atomic mass is 35.5. The summed E-state index contributed by atoms with van der Waals surface area (Å²) in [6.45, 7) is 6.02. The Morgan fingerprint density at radius 1 is 0.791 bits per heavy atom. The fourth-order valence-corrected chi connectivity index (χ4v) is 11.0. The molecule has 1 N–H and O–H groups in total. The number of rotatable bonds is 16. The van der Waals surface area contributed by atoms with Gasteiger partial charge in [-0.3, -0.25) is 24.0 Å². The summed E-state index contributed by atoms with van der Waals surface area (Å²) < 4.78 is 48.4. The number of nitrogens with one attached hydrogen (secondary N) is 1. The van der Waals surface area contributed by atoms with E-state index in [9.17, 15) is 37.1 Å². The third-order valence-corrected chi connectivity index (χ3v) is 14.6. The number of alkyl halides is 3. The molecule has 10 nitrogen and oxygen atoms in total. The number of halogens is 4. The van der Waals surface area contributed by atoms with E-state index in [1.54, 1.807) is 37.8 Å². The van der Waals surface area contributed by atoms with Crippen LogP contribution >= 0.6 is 11.6 Å². The van der Waals surface area contributed by atoms with E-state index in [0.29, 0.717) is 64.9 Å². The van der Waals surface area contributed by atoms with Crippen LogP contribution < -0.4 is 5.32 Å². The fourth-order valence-electron chi connectivity index (χ4n) is 10.7. The van der Waals surface area contributed by atoms with Crippen molar-refractivity contribution in [2.24, 2.45) is 5.92 Å². The van der Waals surface area contributed by atoms with E-state index in [2.05, 4.69) is 17.4 Å². The second kappa shape index (κ2) is 22.9. The number of amides is 4. The highest BCUT2D eigenvalue weighted by molar-refractivity contribution is 6.31. The van der Waals surface area contributed by atoms with Crippen LogP contribution in [-0.2, 0) is 34.3 Å². The first-order chi connectivity index (χ1) is 32.0. The fraction of sp³-hybridized carbons (Fsp3) is 0.566. The monoisotopic (exact) mass is 948 g/mol. The third-order valence-electron chi connectivity index (χ3n) is 14.2. The zero-order chi connectivity index (χ0) is 48.4. The Hall–Kier alpha value is -4.91. The van der Waals surface area contributed by atoms with Crippen LogP contribution in [0.1, 0.15) is 152 Å². The number of hydrogen-bond acceptors (Lipinski definition) is 6. The van der Waals surface area contributed by atoms with Crippen molar-refractivity contribution >= 4 is 41.2 Å². The van der Waals surface area contributed by atoms with E-state index in [4.69, 9.17) is 16.3 Å². The lowest BCUT2D eigenvalue weighted by Gasteiger charge is -2.44. The molecule has 4 amide bonds. The van der Waals surface area contributed by atoms with E-state index in [-0.39, 0.29) is 19.4 Å². The molecule has 3 aromatic carbocycles. The SMILES string of the molecule is CCCN(C(=O)C1(N(C)C(=O)C(F)(F)F)CCCC1)[C@H](C(=O)N[C@@H](CC(=O)OC(c1ccccc1)(c1ccc(C2CCCCCCCC2)cc1)c1ccccc1Cl)C(=O)N1CCCC1)C(C)C. The van der Waals surface area contributed by atoms with Crippen molar-refractivity contribution in [1.82, 2.24) is 20.0 Å². The van der Waals surface area contributed by atoms with Crippen LogP contribution in [0.4, 0.5) is 13.2 Å². The van der Waals surface area contributed by atoms with Gasteiger partial charge in [-0.25, -0.2) is 0 Å². The number of carbonyl (C=O) groups is 5. The minimum absolute atomic E-state index is 0.00336. The lowest BCUT2D eigenvalue weighted by molar-refractivity contribution is -0.192. The molecule has 0 aromatic heterocycles. The molecule has 1 saturated heterocycles. The Bertz CT molecular complexity index is 2150. The summed E-state index contributed by atoms with van der Waals surface area (Å²) in [6, 6.07) is 22.0. The molecular formula is C53H68ClF3N4O6. The summed E-state index contributed by atoms with van der Waals surface area (Å²) in [4.78, 5) is 75.0. The van der Waals surface area contributed by atoms with Crippen LogP contribution in [-0.4, -0.2) is 94.8 Å². The molecule has 0 radical (unpaired) electrons. The van der Waals surface area contributed by atoms with Crippen LogP contribution in [0.5, 0.6) is 0 Å². The number of ether oxygens (including phenoxy) is 1. The van der Waals surface area contributed by atoms with E-state index >= 15 is 0 Å². The summed E-state index contributed by atoms with van der Waals surface area (Å²) in [7, 11) is 0.996. The van der Waals surface area contributed by atoms with E-state index in [0.717, 1.165) is 45.6 Å². The zero-order valence-electron chi connectivity index (χ0n) is 39.6. The molecule has 3 aliphatic rings. The molecule has 3 atom stereocenters. The molecule has 1 heterocycles. The minimum Gasteiger partial charge on any atom is -0.444 e. The van der Waals surface area contributed by atoms with Crippen molar-refractivity contribution in [3.05, 3.63) is 106 Å². The number of carbonyl (C=O) groups excluding carboxylic acids is 5. The summed E-state index contributed by atoms with van der Waals surface area (Å²) in [6.07, 6.45) is 6.31. The van der Waals surface area contributed by atoms with Crippen molar-refractivity contribution < 1.29 is 41.9 Å². The van der Waals surface area contributed by atoms with Gasteiger partial charge in [0.25, 0.3) is 0 Å². The van der Waals surface area contributed by atoms with Gasteiger partial charge in [-0.2, -0.15) is 13.2 Å². The van der Waals surface area contributed by atoms with Gasteiger partial charge in [-0.15, -0.1) is 0 Å². The Labute approximate surface area is 399 Å². The van der Waals surface area contributed by atoms with Gasteiger partial charge in [0.2, 0.25) is 17.7 Å². The largest absolute Gasteiger partial charge is 0.471 e. The van der Waals surface area contributed by atoms with Crippen LogP contribution in [0.2, 0.25) is 5.02 Å². The van der Waals surface area contributed by atoms with Gasteiger partial charge in [0.1, 0.15) is 17.6 Å². The van der Waals surface area contributed by atoms with Crippen molar-refractivity contribution in [1.29, 1.82) is 0 Å². The average Bonchev–Trinajstić information content (AvgIpc) is 4.06. The summed E-state index contributed by atoms with van der Waals surface area (Å²) in [5.74, 6) is -5.14. The lowest BCUT2D eigenvalue weighted by Crippen LogP contribution is -2.65. The predicted octanol–water partition coefficient (Wildman–Crippen LogP) is 10.5. The molecule has 1 aliphatic heterocycles. The Balaban J connectivity index is 1.37. The molecule has 14 heteroatoms. The molecule has 2 saturated carbocycles. The molecule has 67 heavy (non-hydrogen) atoms. The summed E-state index contributed by atoms with van der Waals surface area (Å²) >= 11 is 7.05. The van der Waals surface area contributed by atoms with Gasteiger partial charge in [-0.1, -0.05) is 157 Å². The van der Waals surface area contributed by atoms with Crippen molar-refractivity contribution in [2.45, 2.75) is 159 Å². The zero-order valence-corrected chi connectivity index (χ0v) is 40.3. The minimum atomic E-state index is -5.21. The number of hydrogen-bond donors (Lipinski definition) is 1. The standard InChI is InChI=1S/C53H68ClF3N4O6/c1-5-33-61(49(65)51(31-17-18-32-51)59(4)50(66)53(55,56)57)46(37(2)3)47(63)58-44(48(64)60-34-19-20-35-60)36-45(62)67-52(40-23-13-10-14-24-40,42-25-15-16-26-43(42)54)41-29-27-39(28-30-41)38-21-11-8-6-7-9-12-22-38/h10,13-16,23-30,37-38,44,46H,5-9,11-12,17-22,31-36H2,1-4H3,(H,58,63)/t44-,46-,52?/m0/s1. The molecule has 1 unspecified atom stereocenters. The van der Waals surface area contributed by atoms with Crippen LogP contribution in [0, 0.1) is 5.92 Å². The molecule has 6 rings (SSSR count). The Morgan fingerprint density at radius 2 is 1.36 bits per heavy atom. The van der Waals surface area contributed by atoms with Gasteiger partial charge in [-0.05, 0) is 68.4 Å². The first-order valence-corrected chi connectivity index (χ1v) is 24.8. The Morgan fingerprint density at radius 3 is 1.93 bits per heavy atom. The number of nitrogens with zero attached hydrogens (tertiary/aromatic N) is 3. The van der Waals surface area contributed by atoms with Crippen molar-refractivity contribution in [3.8, 4) is 0 Å². The smallest absolute Gasteiger partial charge is 0.444 e. The number of likely N-dealkylation sites (N-methyl/N-ethyl adjacent to an activating group) is 1. The maximum Gasteiger partial charge on any atom is 0.471 e. The quantitative estimate of drug-likeness (QED) is 0.113. The van der Waals surface area contributed by atoms with Gasteiger partial charge < -0.3 is 24.8 Å². The van der Waals surface area contributed by atoms with Crippen LogP contribution in [0.25, 0.3) is 0 Å². The molecule has 364 valence electrons. The highest BCUT2D eigenvalue weighted by Crippen LogP contribution is 2.45. The second-order valence-electron chi connectivity index (χ2n) is 19.1. The third kappa shape index (κ3) is 11.7. The summed E-state index contributed by atoms with van der Waals surface area (Å²) in [5.41, 5.74) is -0.454. The molecule has 0 bridgehead atoms. The maximum absolute atomic E-state index is 14.9. The average molecular weight is 950 g/mol. The van der Waals surface area contributed by atoms with Gasteiger partial charge >= 0.3 is 18.1 Å². The van der Waals surface area contributed by atoms with Gasteiger partial charge in [0.15, 0.2) is 5.60 Å².